The highest BCUT2D eigenvalue weighted by atomic mass is 19.1. The standard InChI is InChI=1S/C18H13FN4O2/c19-13-7-5-12(6-8-13)9-22-10-14(20-21-22)11-23-16-4-2-1-3-15(16)17(24)18(23)25/h1-8,10H,9,11H2. The zero-order valence-corrected chi connectivity index (χ0v) is 13.1. The quantitative estimate of drug-likeness (QED) is 0.685. The molecule has 7 heteroatoms. The highest BCUT2D eigenvalue weighted by molar-refractivity contribution is 6.52. The van der Waals surface area contributed by atoms with Gasteiger partial charge in [-0.2, -0.15) is 0 Å². The number of amides is 1. The Morgan fingerprint density at radius 1 is 0.960 bits per heavy atom. The average Bonchev–Trinajstić information content (AvgIpc) is 3.16. The summed E-state index contributed by atoms with van der Waals surface area (Å²) in [4.78, 5) is 25.6. The second kappa shape index (κ2) is 5.94. The first kappa shape index (κ1) is 15.2. The van der Waals surface area contributed by atoms with Gasteiger partial charge < -0.3 is 0 Å². The van der Waals surface area contributed by atoms with E-state index in [1.807, 2.05) is 0 Å². The molecule has 2 heterocycles. The molecule has 0 atom stereocenters. The molecule has 1 amide bonds. The van der Waals surface area contributed by atoms with Crippen LogP contribution >= 0.6 is 0 Å². The van der Waals surface area contributed by atoms with E-state index in [1.165, 1.54) is 17.0 Å². The molecule has 0 saturated carbocycles. The van der Waals surface area contributed by atoms with Gasteiger partial charge >= 0.3 is 0 Å². The van der Waals surface area contributed by atoms with Gasteiger partial charge in [-0.3, -0.25) is 14.5 Å². The second-order valence-electron chi connectivity index (χ2n) is 5.77. The molecule has 0 saturated heterocycles. The Kier molecular flexibility index (Phi) is 3.61. The number of carbonyl (C=O) groups excluding carboxylic acids is 2. The van der Waals surface area contributed by atoms with Crippen molar-refractivity contribution in [2.24, 2.45) is 0 Å². The zero-order chi connectivity index (χ0) is 17.4. The summed E-state index contributed by atoms with van der Waals surface area (Å²) in [6.45, 7) is 0.613. The summed E-state index contributed by atoms with van der Waals surface area (Å²) in [5.74, 6) is -1.36. The van der Waals surface area contributed by atoms with Gasteiger partial charge in [-0.1, -0.05) is 29.5 Å². The predicted molar refractivity (Wildman–Crippen MR) is 87.5 cm³/mol. The number of ketones is 1. The molecule has 0 N–H and O–H groups in total. The van der Waals surface area contributed by atoms with E-state index in [0.717, 1.165) is 5.56 Å². The Morgan fingerprint density at radius 2 is 1.72 bits per heavy atom. The van der Waals surface area contributed by atoms with Crippen molar-refractivity contribution in [3.63, 3.8) is 0 Å². The molecule has 0 unspecified atom stereocenters. The van der Waals surface area contributed by atoms with Gasteiger partial charge in [-0.15, -0.1) is 5.10 Å². The number of hydrogen-bond donors (Lipinski definition) is 0. The third-order valence-electron chi connectivity index (χ3n) is 4.04. The fourth-order valence-corrected chi connectivity index (χ4v) is 2.83. The van der Waals surface area contributed by atoms with Crippen molar-refractivity contribution in [2.75, 3.05) is 4.90 Å². The summed E-state index contributed by atoms with van der Waals surface area (Å²) in [7, 11) is 0. The van der Waals surface area contributed by atoms with Crippen LogP contribution in [0.4, 0.5) is 10.1 Å². The largest absolute Gasteiger partial charge is 0.299 e. The van der Waals surface area contributed by atoms with E-state index < -0.39 is 11.7 Å². The first-order chi connectivity index (χ1) is 12.1. The molecule has 1 aliphatic rings. The Morgan fingerprint density at radius 3 is 2.52 bits per heavy atom. The maximum absolute atomic E-state index is 12.9. The summed E-state index contributed by atoms with van der Waals surface area (Å²) in [6.07, 6.45) is 1.71. The molecule has 4 rings (SSSR count). The van der Waals surface area contributed by atoms with E-state index in [4.69, 9.17) is 0 Å². The van der Waals surface area contributed by atoms with Crippen LogP contribution in [0.15, 0.2) is 54.7 Å². The average molecular weight is 336 g/mol. The maximum Gasteiger partial charge on any atom is 0.299 e. The first-order valence-corrected chi connectivity index (χ1v) is 7.70. The molecule has 25 heavy (non-hydrogen) atoms. The van der Waals surface area contributed by atoms with Gasteiger partial charge in [-0.05, 0) is 29.8 Å². The number of anilines is 1. The van der Waals surface area contributed by atoms with Crippen LogP contribution in [0.5, 0.6) is 0 Å². The normalized spacial score (nSPS) is 13.4. The minimum atomic E-state index is -0.561. The Hall–Kier alpha value is -3.35. The van der Waals surface area contributed by atoms with Crippen molar-refractivity contribution < 1.29 is 14.0 Å². The van der Waals surface area contributed by atoms with E-state index in [0.29, 0.717) is 23.5 Å². The minimum absolute atomic E-state index is 0.172. The highest BCUT2D eigenvalue weighted by Gasteiger charge is 2.35. The molecule has 0 bridgehead atoms. The van der Waals surface area contributed by atoms with Crippen LogP contribution in [0.1, 0.15) is 21.6 Å². The van der Waals surface area contributed by atoms with Crippen LogP contribution in [0, 0.1) is 5.82 Å². The number of fused-ring (bicyclic) bond motifs is 1. The monoisotopic (exact) mass is 336 g/mol. The van der Waals surface area contributed by atoms with Gasteiger partial charge in [-0.25, -0.2) is 9.07 Å². The lowest BCUT2D eigenvalue weighted by molar-refractivity contribution is -0.114. The number of halogens is 1. The van der Waals surface area contributed by atoms with Crippen LogP contribution in [-0.4, -0.2) is 26.7 Å². The van der Waals surface area contributed by atoms with Gasteiger partial charge in [0.2, 0.25) is 0 Å². The fourth-order valence-electron chi connectivity index (χ4n) is 2.83. The van der Waals surface area contributed by atoms with Crippen LogP contribution in [0.2, 0.25) is 0 Å². The summed E-state index contributed by atoms with van der Waals surface area (Å²) < 4.78 is 14.6. The van der Waals surface area contributed by atoms with Crippen LogP contribution < -0.4 is 4.90 Å². The molecular formula is C18H13FN4O2. The molecule has 1 aliphatic heterocycles. The smallest absolute Gasteiger partial charge is 0.299 e. The number of carbonyl (C=O) groups is 2. The van der Waals surface area contributed by atoms with Crippen molar-refractivity contribution in [3.05, 3.63) is 77.4 Å². The fraction of sp³-hybridized carbons (Fsp3) is 0.111. The Balaban J connectivity index is 1.53. The van der Waals surface area contributed by atoms with Crippen LogP contribution in [-0.2, 0) is 17.9 Å². The molecule has 0 spiro atoms. The first-order valence-electron chi connectivity index (χ1n) is 7.70. The van der Waals surface area contributed by atoms with Crippen LogP contribution in [0.3, 0.4) is 0 Å². The molecule has 3 aromatic rings. The minimum Gasteiger partial charge on any atom is -0.299 e. The molecule has 2 aromatic carbocycles. The number of hydrogen-bond acceptors (Lipinski definition) is 4. The van der Waals surface area contributed by atoms with E-state index in [9.17, 15) is 14.0 Å². The topological polar surface area (TPSA) is 68.1 Å². The Bertz CT molecular complexity index is 965. The second-order valence-corrected chi connectivity index (χ2v) is 5.77. The summed E-state index contributed by atoms with van der Waals surface area (Å²) in [5, 5.41) is 8.09. The van der Waals surface area contributed by atoms with Crippen LogP contribution in [0.25, 0.3) is 0 Å². The van der Waals surface area contributed by atoms with E-state index >= 15 is 0 Å². The summed E-state index contributed by atoms with van der Waals surface area (Å²) >= 11 is 0. The van der Waals surface area contributed by atoms with Gasteiger partial charge in [0.1, 0.15) is 11.5 Å². The molecule has 0 radical (unpaired) electrons. The van der Waals surface area contributed by atoms with Gasteiger partial charge in [0.15, 0.2) is 0 Å². The Labute approximate surface area is 142 Å². The van der Waals surface area contributed by atoms with E-state index in [1.54, 1.807) is 47.3 Å². The number of para-hydroxylation sites is 1. The molecule has 1 aromatic heterocycles. The molecular weight excluding hydrogens is 323 g/mol. The van der Waals surface area contributed by atoms with Crippen molar-refractivity contribution in [1.29, 1.82) is 0 Å². The summed E-state index contributed by atoms with van der Waals surface area (Å²) in [6, 6.07) is 13.0. The van der Waals surface area contributed by atoms with E-state index in [-0.39, 0.29) is 12.4 Å². The molecule has 124 valence electrons. The number of aromatic nitrogens is 3. The lowest BCUT2D eigenvalue weighted by Crippen LogP contribution is -2.29. The van der Waals surface area contributed by atoms with Crippen molar-refractivity contribution in [1.82, 2.24) is 15.0 Å². The molecule has 0 fully saturated rings. The maximum atomic E-state index is 12.9. The summed E-state index contributed by atoms with van der Waals surface area (Å²) in [5.41, 5.74) is 2.45. The third kappa shape index (κ3) is 2.80. The predicted octanol–water partition coefficient (Wildman–Crippen LogP) is 2.19. The van der Waals surface area contributed by atoms with Crippen molar-refractivity contribution in [2.45, 2.75) is 13.1 Å². The third-order valence-corrected chi connectivity index (χ3v) is 4.04. The molecule has 6 nitrogen and oxygen atoms in total. The number of benzene rings is 2. The lowest BCUT2D eigenvalue weighted by atomic mass is 10.1. The van der Waals surface area contributed by atoms with E-state index in [2.05, 4.69) is 10.3 Å². The SMILES string of the molecule is O=C1C(=O)N(Cc2cn(Cc3ccc(F)cc3)nn2)c2ccccc21. The van der Waals surface area contributed by atoms with Gasteiger partial charge in [0, 0.05) is 0 Å². The van der Waals surface area contributed by atoms with Gasteiger partial charge in [0.25, 0.3) is 11.7 Å². The number of nitrogens with zero attached hydrogens (tertiary/aromatic N) is 4. The zero-order valence-electron chi connectivity index (χ0n) is 13.1. The lowest BCUT2D eigenvalue weighted by Gasteiger charge is -2.14. The van der Waals surface area contributed by atoms with Crippen molar-refractivity contribution in [3.8, 4) is 0 Å². The highest BCUT2D eigenvalue weighted by Crippen LogP contribution is 2.29. The number of Topliss-reactive ketones (excluding diaryl/α,β-unsaturated/α-hetero) is 1. The van der Waals surface area contributed by atoms with Crippen molar-refractivity contribution >= 4 is 17.4 Å². The number of rotatable bonds is 4. The van der Waals surface area contributed by atoms with Gasteiger partial charge in [0.05, 0.1) is 30.5 Å². The molecule has 0 aliphatic carbocycles.